The molecule has 0 radical (unpaired) electrons. The maximum Gasteiger partial charge on any atom is 0.323 e. The van der Waals surface area contributed by atoms with Crippen LogP contribution in [0.15, 0.2) is 61.1 Å². The SMILES string of the molecule is COCc1cn2ncnc(N)c2c1-c1ccc(NC(=O)Nc2cccc(OC)c2)cc1. The zero-order valence-electron chi connectivity index (χ0n) is 17.1. The first kappa shape index (κ1) is 20.2. The van der Waals surface area contributed by atoms with Crippen molar-refractivity contribution in [1.29, 1.82) is 0 Å². The van der Waals surface area contributed by atoms with Gasteiger partial charge in [-0.25, -0.2) is 14.3 Å². The number of aromatic nitrogens is 3. The standard InChI is InChI=1S/C22H22N6O3/c1-30-12-15-11-28-20(21(23)24-13-25-28)19(15)14-6-8-16(9-7-14)26-22(29)27-17-4-3-5-18(10-17)31-2/h3-11,13H,12H2,1-2H3,(H2,23,24,25)(H2,26,27,29). The van der Waals surface area contributed by atoms with Crippen LogP contribution in [0.25, 0.3) is 16.6 Å². The number of amides is 2. The van der Waals surface area contributed by atoms with E-state index in [9.17, 15) is 4.79 Å². The third-order valence-corrected chi connectivity index (χ3v) is 4.74. The van der Waals surface area contributed by atoms with Crippen molar-refractivity contribution >= 4 is 28.7 Å². The predicted octanol–water partition coefficient (Wildman–Crippen LogP) is 3.78. The van der Waals surface area contributed by atoms with Crippen molar-refractivity contribution in [2.75, 3.05) is 30.6 Å². The number of nitrogens with one attached hydrogen (secondary N) is 2. The molecule has 2 heterocycles. The number of carbonyl (C=O) groups is 1. The molecule has 0 saturated carbocycles. The van der Waals surface area contributed by atoms with E-state index < -0.39 is 0 Å². The molecule has 2 aromatic carbocycles. The van der Waals surface area contributed by atoms with Crippen LogP contribution in [0.3, 0.4) is 0 Å². The summed E-state index contributed by atoms with van der Waals surface area (Å²) in [5.41, 5.74) is 10.8. The van der Waals surface area contributed by atoms with Gasteiger partial charge < -0.3 is 25.8 Å². The Balaban J connectivity index is 1.56. The fourth-order valence-electron chi connectivity index (χ4n) is 3.39. The Labute approximate surface area is 178 Å². The first-order valence-electron chi connectivity index (χ1n) is 9.51. The van der Waals surface area contributed by atoms with Crippen molar-refractivity contribution < 1.29 is 14.3 Å². The van der Waals surface area contributed by atoms with Gasteiger partial charge in [0.05, 0.1) is 13.7 Å². The molecule has 31 heavy (non-hydrogen) atoms. The Morgan fingerprint density at radius 1 is 1.10 bits per heavy atom. The lowest BCUT2D eigenvalue weighted by molar-refractivity contribution is 0.185. The molecule has 4 aromatic rings. The minimum absolute atomic E-state index is 0.354. The van der Waals surface area contributed by atoms with Crippen LogP contribution < -0.4 is 21.1 Å². The van der Waals surface area contributed by atoms with Crippen molar-refractivity contribution in [2.24, 2.45) is 0 Å². The molecule has 0 aliphatic heterocycles. The van der Waals surface area contributed by atoms with Gasteiger partial charge in [0.15, 0.2) is 5.82 Å². The van der Waals surface area contributed by atoms with Crippen molar-refractivity contribution in [3.05, 3.63) is 66.6 Å². The number of anilines is 3. The summed E-state index contributed by atoms with van der Waals surface area (Å²) in [4.78, 5) is 16.4. The highest BCUT2D eigenvalue weighted by Gasteiger charge is 2.16. The summed E-state index contributed by atoms with van der Waals surface area (Å²) in [5.74, 6) is 1.05. The van der Waals surface area contributed by atoms with Gasteiger partial charge in [-0.05, 0) is 29.8 Å². The van der Waals surface area contributed by atoms with Crippen LogP contribution in [0.4, 0.5) is 22.0 Å². The molecule has 2 amide bonds. The average molecular weight is 418 g/mol. The van der Waals surface area contributed by atoms with E-state index in [1.54, 1.807) is 36.9 Å². The summed E-state index contributed by atoms with van der Waals surface area (Å²) in [6.45, 7) is 0.404. The van der Waals surface area contributed by atoms with Gasteiger partial charge in [-0.2, -0.15) is 5.10 Å². The molecule has 0 atom stereocenters. The molecule has 9 nitrogen and oxygen atoms in total. The molecule has 9 heteroatoms. The Kier molecular flexibility index (Phi) is 5.67. The molecule has 0 fully saturated rings. The smallest absolute Gasteiger partial charge is 0.323 e. The number of methoxy groups -OCH3 is 2. The third kappa shape index (κ3) is 4.26. The van der Waals surface area contributed by atoms with E-state index in [4.69, 9.17) is 15.2 Å². The van der Waals surface area contributed by atoms with E-state index in [1.165, 1.54) is 6.33 Å². The molecule has 0 aliphatic carbocycles. The number of benzene rings is 2. The summed E-state index contributed by atoms with van der Waals surface area (Å²) in [6, 6.07) is 14.2. The Hall–Kier alpha value is -4.11. The highest BCUT2D eigenvalue weighted by molar-refractivity contribution is 6.00. The number of hydrogen-bond donors (Lipinski definition) is 3. The number of nitrogens with two attached hydrogens (primary N) is 1. The lowest BCUT2D eigenvalue weighted by Gasteiger charge is -2.10. The van der Waals surface area contributed by atoms with Gasteiger partial charge in [-0.3, -0.25) is 0 Å². The van der Waals surface area contributed by atoms with Crippen molar-refractivity contribution in [3.8, 4) is 16.9 Å². The van der Waals surface area contributed by atoms with Gasteiger partial charge in [-0.15, -0.1) is 0 Å². The number of hydrogen-bond acceptors (Lipinski definition) is 6. The molecule has 4 rings (SSSR count). The fraction of sp³-hybridized carbons (Fsp3) is 0.136. The predicted molar refractivity (Wildman–Crippen MR) is 119 cm³/mol. The van der Waals surface area contributed by atoms with Crippen molar-refractivity contribution in [1.82, 2.24) is 14.6 Å². The second-order valence-corrected chi connectivity index (χ2v) is 6.79. The van der Waals surface area contributed by atoms with Gasteiger partial charge >= 0.3 is 6.03 Å². The van der Waals surface area contributed by atoms with Crippen LogP contribution in [-0.2, 0) is 11.3 Å². The van der Waals surface area contributed by atoms with Crippen LogP contribution in [0.1, 0.15) is 5.56 Å². The van der Waals surface area contributed by atoms with Crippen molar-refractivity contribution in [2.45, 2.75) is 6.61 Å². The highest BCUT2D eigenvalue weighted by atomic mass is 16.5. The molecule has 0 spiro atoms. The quantitative estimate of drug-likeness (QED) is 0.439. The zero-order valence-corrected chi connectivity index (χ0v) is 17.1. The molecule has 0 aliphatic rings. The minimum Gasteiger partial charge on any atom is -0.497 e. The second kappa shape index (κ2) is 8.72. The highest BCUT2D eigenvalue weighted by Crippen LogP contribution is 2.33. The first-order chi connectivity index (χ1) is 15.1. The zero-order chi connectivity index (χ0) is 21.8. The minimum atomic E-state index is -0.354. The van der Waals surface area contributed by atoms with Gasteiger partial charge in [-0.1, -0.05) is 18.2 Å². The third-order valence-electron chi connectivity index (χ3n) is 4.74. The van der Waals surface area contributed by atoms with E-state index in [1.807, 2.05) is 36.5 Å². The lowest BCUT2D eigenvalue weighted by atomic mass is 10.0. The number of carbonyl (C=O) groups excluding carboxylic acids is 1. The number of ether oxygens (including phenoxy) is 2. The Bertz CT molecular complexity index is 1220. The van der Waals surface area contributed by atoms with Gasteiger partial charge in [0, 0.05) is 41.9 Å². The maximum absolute atomic E-state index is 12.3. The number of urea groups is 1. The van der Waals surface area contributed by atoms with Crippen molar-refractivity contribution in [3.63, 3.8) is 0 Å². The Morgan fingerprint density at radius 2 is 1.87 bits per heavy atom. The van der Waals surface area contributed by atoms with E-state index in [0.717, 1.165) is 16.7 Å². The van der Waals surface area contributed by atoms with E-state index >= 15 is 0 Å². The van der Waals surface area contributed by atoms with E-state index in [0.29, 0.717) is 35.1 Å². The molecule has 0 saturated heterocycles. The Morgan fingerprint density at radius 3 is 2.61 bits per heavy atom. The van der Waals surface area contributed by atoms with Crippen LogP contribution in [0.5, 0.6) is 5.75 Å². The van der Waals surface area contributed by atoms with Crippen LogP contribution in [0, 0.1) is 0 Å². The second-order valence-electron chi connectivity index (χ2n) is 6.79. The molecular formula is C22H22N6O3. The summed E-state index contributed by atoms with van der Waals surface area (Å²) >= 11 is 0. The normalized spacial score (nSPS) is 10.8. The maximum atomic E-state index is 12.3. The van der Waals surface area contributed by atoms with Gasteiger partial charge in [0.25, 0.3) is 0 Å². The average Bonchev–Trinajstić information content (AvgIpc) is 3.14. The number of nitrogen functional groups attached to an aromatic ring is 1. The fourth-order valence-corrected chi connectivity index (χ4v) is 3.39. The van der Waals surface area contributed by atoms with E-state index in [-0.39, 0.29) is 6.03 Å². The summed E-state index contributed by atoms with van der Waals surface area (Å²) in [6.07, 6.45) is 3.29. The summed E-state index contributed by atoms with van der Waals surface area (Å²) in [7, 11) is 3.21. The molecule has 2 aromatic heterocycles. The van der Waals surface area contributed by atoms with Gasteiger partial charge in [0.1, 0.15) is 17.6 Å². The van der Waals surface area contributed by atoms with E-state index in [2.05, 4.69) is 20.7 Å². The monoisotopic (exact) mass is 418 g/mol. The summed E-state index contributed by atoms with van der Waals surface area (Å²) < 4.78 is 12.2. The van der Waals surface area contributed by atoms with Gasteiger partial charge in [0.2, 0.25) is 0 Å². The topological polar surface area (TPSA) is 116 Å². The van der Waals surface area contributed by atoms with Crippen LogP contribution >= 0.6 is 0 Å². The first-order valence-corrected chi connectivity index (χ1v) is 9.51. The lowest BCUT2D eigenvalue weighted by Crippen LogP contribution is -2.19. The molecule has 0 bridgehead atoms. The number of rotatable bonds is 6. The molecule has 4 N–H and O–H groups in total. The molecule has 0 unspecified atom stereocenters. The largest absolute Gasteiger partial charge is 0.497 e. The molecular weight excluding hydrogens is 396 g/mol. The van der Waals surface area contributed by atoms with Crippen LogP contribution in [0.2, 0.25) is 0 Å². The summed E-state index contributed by atoms with van der Waals surface area (Å²) in [5, 5.41) is 9.84. The van der Waals surface area contributed by atoms with Crippen LogP contribution in [-0.4, -0.2) is 34.8 Å². The number of fused-ring (bicyclic) bond motifs is 1. The molecule has 158 valence electrons. The number of nitrogens with zero attached hydrogens (tertiary/aromatic N) is 3.